The summed E-state index contributed by atoms with van der Waals surface area (Å²) < 4.78 is 0. The van der Waals surface area contributed by atoms with Crippen molar-refractivity contribution >= 4 is 11.8 Å². The summed E-state index contributed by atoms with van der Waals surface area (Å²) in [7, 11) is 0. The maximum absolute atomic E-state index is 10.6. The second kappa shape index (κ2) is 9.58. The molecule has 0 atom stereocenters. The average Bonchev–Trinajstić information content (AvgIpc) is 2.28. The largest absolute Gasteiger partial charge is 0.481 e. The monoisotopic (exact) mass is 236 g/mol. The third-order valence-corrected chi connectivity index (χ3v) is 2.07. The quantitative estimate of drug-likeness (QED) is 0.854. The SMILES string of the molecule is CC(=O)CCc1ccccc1.CCCC(=O)O. The summed E-state index contributed by atoms with van der Waals surface area (Å²) in [5.41, 5.74) is 1.24. The van der Waals surface area contributed by atoms with Crippen LogP contribution in [0.2, 0.25) is 0 Å². The van der Waals surface area contributed by atoms with Crippen LogP contribution in [-0.4, -0.2) is 16.9 Å². The molecular formula is C14H20O3. The number of benzene rings is 1. The Morgan fingerprint density at radius 1 is 1.12 bits per heavy atom. The van der Waals surface area contributed by atoms with Crippen LogP contribution in [0, 0.1) is 0 Å². The fourth-order valence-electron chi connectivity index (χ4n) is 1.18. The standard InChI is InChI=1S/C10H12O.C4H8O2/c1-9(11)7-8-10-5-3-2-4-6-10;1-2-3-4(5)6/h2-6H,7-8H2,1H3;2-3H2,1H3,(H,5,6). The topological polar surface area (TPSA) is 54.4 Å². The van der Waals surface area contributed by atoms with E-state index in [1.54, 1.807) is 6.92 Å². The van der Waals surface area contributed by atoms with E-state index < -0.39 is 5.97 Å². The van der Waals surface area contributed by atoms with Crippen molar-refractivity contribution in [3.63, 3.8) is 0 Å². The minimum atomic E-state index is -0.711. The number of carboxylic acid groups (broad SMARTS) is 1. The van der Waals surface area contributed by atoms with Gasteiger partial charge in [-0.05, 0) is 25.3 Å². The van der Waals surface area contributed by atoms with Crippen LogP contribution in [0.25, 0.3) is 0 Å². The second-order valence-electron chi connectivity index (χ2n) is 3.83. The van der Waals surface area contributed by atoms with Gasteiger partial charge in [-0.2, -0.15) is 0 Å². The third-order valence-electron chi connectivity index (χ3n) is 2.07. The van der Waals surface area contributed by atoms with Crippen LogP contribution in [0.3, 0.4) is 0 Å². The van der Waals surface area contributed by atoms with E-state index in [-0.39, 0.29) is 5.78 Å². The summed E-state index contributed by atoms with van der Waals surface area (Å²) in [6.45, 7) is 3.47. The molecule has 0 unspecified atom stereocenters. The predicted molar refractivity (Wildman–Crippen MR) is 68.0 cm³/mol. The Morgan fingerprint density at radius 3 is 2.06 bits per heavy atom. The first-order valence-corrected chi connectivity index (χ1v) is 5.81. The van der Waals surface area contributed by atoms with Gasteiger partial charge >= 0.3 is 5.97 Å². The van der Waals surface area contributed by atoms with Crippen molar-refractivity contribution in [2.24, 2.45) is 0 Å². The summed E-state index contributed by atoms with van der Waals surface area (Å²) in [4.78, 5) is 20.2. The Kier molecular flexibility index (Phi) is 8.65. The maximum Gasteiger partial charge on any atom is 0.303 e. The third kappa shape index (κ3) is 10.6. The van der Waals surface area contributed by atoms with Crippen LogP contribution >= 0.6 is 0 Å². The molecule has 0 bridgehead atoms. The van der Waals surface area contributed by atoms with Crippen LogP contribution in [0.1, 0.15) is 38.7 Å². The molecule has 0 heterocycles. The van der Waals surface area contributed by atoms with Gasteiger partial charge in [0.1, 0.15) is 5.78 Å². The van der Waals surface area contributed by atoms with Crippen LogP contribution in [0.5, 0.6) is 0 Å². The van der Waals surface area contributed by atoms with Crippen molar-refractivity contribution in [1.82, 2.24) is 0 Å². The Bertz CT molecular complexity index is 331. The summed E-state index contributed by atoms with van der Waals surface area (Å²) >= 11 is 0. The predicted octanol–water partition coefficient (Wildman–Crippen LogP) is 3.08. The Hall–Kier alpha value is -1.64. The number of aliphatic carboxylic acids is 1. The highest BCUT2D eigenvalue weighted by molar-refractivity contribution is 5.75. The molecule has 0 amide bonds. The molecule has 0 aromatic heterocycles. The summed E-state index contributed by atoms with van der Waals surface area (Å²) in [6, 6.07) is 10.1. The van der Waals surface area contributed by atoms with Gasteiger partial charge in [0.05, 0.1) is 0 Å². The van der Waals surface area contributed by atoms with Crippen molar-refractivity contribution in [2.45, 2.75) is 39.5 Å². The molecule has 0 saturated carbocycles. The molecule has 94 valence electrons. The van der Waals surface area contributed by atoms with Crippen molar-refractivity contribution in [3.05, 3.63) is 35.9 Å². The number of hydrogen-bond acceptors (Lipinski definition) is 2. The molecule has 17 heavy (non-hydrogen) atoms. The van der Waals surface area contributed by atoms with Crippen LogP contribution in [0.15, 0.2) is 30.3 Å². The molecule has 1 aromatic rings. The first kappa shape index (κ1) is 15.4. The van der Waals surface area contributed by atoms with E-state index >= 15 is 0 Å². The molecule has 0 aliphatic carbocycles. The van der Waals surface area contributed by atoms with Gasteiger partial charge in [0.25, 0.3) is 0 Å². The zero-order valence-electron chi connectivity index (χ0n) is 10.5. The second-order valence-corrected chi connectivity index (χ2v) is 3.83. The molecule has 1 aromatic carbocycles. The number of ketones is 1. The van der Waals surface area contributed by atoms with Crippen LogP contribution in [-0.2, 0) is 16.0 Å². The molecule has 1 rings (SSSR count). The molecule has 0 saturated heterocycles. The Balaban J connectivity index is 0.000000366. The van der Waals surface area contributed by atoms with Gasteiger partial charge < -0.3 is 9.90 Å². The minimum absolute atomic E-state index is 0.258. The van der Waals surface area contributed by atoms with Crippen molar-refractivity contribution in [2.75, 3.05) is 0 Å². The van der Waals surface area contributed by atoms with Crippen molar-refractivity contribution in [1.29, 1.82) is 0 Å². The first-order valence-electron chi connectivity index (χ1n) is 5.81. The highest BCUT2D eigenvalue weighted by atomic mass is 16.4. The van der Waals surface area contributed by atoms with E-state index in [1.165, 1.54) is 5.56 Å². The molecular weight excluding hydrogens is 216 g/mol. The summed E-state index contributed by atoms with van der Waals surface area (Å²) in [5, 5.41) is 7.91. The van der Waals surface area contributed by atoms with Gasteiger partial charge in [0.15, 0.2) is 0 Å². The van der Waals surface area contributed by atoms with Gasteiger partial charge in [-0.25, -0.2) is 0 Å². The average molecular weight is 236 g/mol. The smallest absolute Gasteiger partial charge is 0.303 e. The Morgan fingerprint density at radius 2 is 1.71 bits per heavy atom. The minimum Gasteiger partial charge on any atom is -0.481 e. The summed E-state index contributed by atoms with van der Waals surface area (Å²) in [5.74, 6) is -0.452. The van der Waals surface area contributed by atoms with Gasteiger partial charge in [0, 0.05) is 12.8 Å². The van der Waals surface area contributed by atoms with E-state index in [4.69, 9.17) is 5.11 Å². The number of rotatable bonds is 5. The van der Waals surface area contributed by atoms with E-state index in [0.717, 1.165) is 12.8 Å². The van der Waals surface area contributed by atoms with Crippen molar-refractivity contribution in [3.8, 4) is 0 Å². The number of Topliss-reactive ketones (excluding diaryl/α,β-unsaturated/α-hetero) is 1. The fourth-order valence-corrected chi connectivity index (χ4v) is 1.18. The van der Waals surface area contributed by atoms with E-state index in [0.29, 0.717) is 12.8 Å². The zero-order valence-corrected chi connectivity index (χ0v) is 10.5. The summed E-state index contributed by atoms with van der Waals surface area (Å²) in [6.07, 6.45) is 2.55. The number of carboxylic acids is 1. The molecule has 0 fully saturated rings. The van der Waals surface area contributed by atoms with E-state index in [2.05, 4.69) is 0 Å². The molecule has 0 aliphatic rings. The molecule has 0 aliphatic heterocycles. The molecule has 3 nitrogen and oxygen atoms in total. The lowest BCUT2D eigenvalue weighted by Gasteiger charge is -1.96. The highest BCUT2D eigenvalue weighted by Gasteiger charge is 1.94. The first-order chi connectivity index (χ1) is 8.06. The lowest BCUT2D eigenvalue weighted by molar-refractivity contribution is -0.137. The zero-order chi connectivity index (χ0) is 13.1. The van der Waals surface area contributed by atoms with Crippen LogP contribution in [0.4, 0.5) is 0 Å². The lowest BCUT2D eigenvalue weighted by atomic mass is 10.1. The van der Waals surface area contributed by atoms with Gasteiger partial charge in [-0.3, -0.25) is 4.79 Å². The highest BCUT2D eigenvalue weighted by Crippen LogP contribution is 2.01. The number of aryl methyl sites for hydroxylation is 1. The molecule has 3 heteroatoms. The molecule has 1 N–H and O–H groups in total. The normalized spacial score (nSPS) is 9.06. The van der Waals surface area contributed by atoms with Gasteiger partial charge in [-0.15, -0.1) is 0 Å². The Labute approximate surface area is 102 Å². The number of carbonyl (C=O) groups is 2. The van der Waals surface area contributed by atoms with E-state index in [1.807, 2.05) is 37.3 Å². The number of carbonyl (C=O) groups excluding carboxylic acids is 1. The van der Waals surface area contributed by atoms with Gasteiger partial charge in [0.2, 0.25) is 0 Å². The van der Waals surface area contributed by atoms with Crippen LogP contribution < -0.4 is 0 Å². The molecule has 0 spiro atoms. The van der Waals surface area contributed by atoms with Gasteiger partial charge in [-0.1, -0.05) is 37.3 Å². The van der Waals surface area contributed by atoms with Crippen molar-refractivity contribution < 1.29 is 14.7 Å². The lowest BCUT2D eigenvalue weighted by Crippen LogP contribution is -1.92. The number of hydrogen-bond donors (Lipinski definition) is 1. The fraction of sp³-hybridized carbons (Fsp3) is 0.429. The van der Waals surface area contributed by atoms with E-state index in [9.17, 15) is 9.59 Å². The maximum atomic E-state index is 10.6. The molecule has 0 radical (unpaired) electrons.